The van der Waals surface area contributed by atoms with Crippen molar-refractivity contribution in [3.8, 4) is 6.07 Å². The highest BCUT2D eigenvalue weighted by Crippen LogP contribution is 2.26. The summed E-state index contributed by atoms with van der Waals surface area (Å²) in [5.41, 5.74) is 1.37. The van der Waals surface area contributed by atoms with E-state index in [1.807, 2.05) is 19.2 Å². The number of likely N-dealkylation sites (tertiary alicyclic amines) is 1. The second-order valence-corrected chi connectivity index (χ2v) is 7.51. The Bertz CT molecular complexity index is 871. The number of halogens is 1. The van der Waals surface area contributed by atoms with Crippen molar-refractivity contribution in [3.05, 3.63) is 34.9 Å². The number of nitrogens with one attached hydrogen (secondary N) is 1. The van der Waals surface area contributed by atoms with Gasteiger partial charge in [-0.3, -0.25) is 9.69 Å². The van der Waals surface area contributed by atoms with Gasteiger partial charge >= 0.3 is 0 Å². The van der Waals surface area contributed by atoms with Crippen molar-refractivity contribution in [3.63, 3.8) is 0 Å². The van der Waals surface area contributed by atoms with E-state index in [1.54, 1.807) is 19.2 Å². The van der Waals surface area contributed by atoms with Gasteiger partial charge in [0.25, 0.3) is 0 Å². The van der Waals surface area contributed by atoms with E-state index in [2.05, 4.69) is 21.2 Å². The molecule has 0 atom stereocenters. The summed E-state index contributed by atoms with van der Waals surface area (Å²) in [5, 5.41) is 13.6. The number of carbonyl (C=O) groups is 1. The molecule has 3 rings (SSSR count). The van der Waals surface area contributed by atoms with Gasteiger partial charge in [-0.05, 0) is 56.1 Å². The van der Waals surface area contributed by atoms with Crippen molar-refractivity contribution in [2.75, 3.05) is 45.2 Å². The Morgan fingerprint density at radius 3 is 2.81 bits per heavy atom. The smallest absolute Gasteiger partial charge is 0.233 e. The summed E-state index contributed by atoms with van der Waals surface area (Å²) in [7, 11) is 3.69. The van der Waals surface area contributed by atoms with Crippen LogP contribution in [0.3, 0.4) is 0 Å². The average molecular weight is 386 g/mol. The summed E-state index contributed by atoms with van der Waals surface area (Å²) in [6, 6.07) is 9.52. The number of hydrogen-bond acceptors (Lipinski definition) is 5. The fourth-order valence-corrected chi connectivity index (χ4v) is 3.73. The van der Waals surface area contributed by atoms with Crippen LogP contribution in [-0.2, 0) is 4.79 Å². The van der Waals surface area contributed by atoms with Gasteiger partial charge < -0.3 is 10.2 Å². The van der Waals surface area contributed by atoms with Gasteiger partial charge in [0.05, 0.1) is 23.7 Å². The zero-order valence-corrected chi connectivity index (χ0v) is 16.5. The molecule has 1 N–H and O–H groups in total. The van der Waals surface area contributed by atoms with Crippen LogP contribution in [0.2, 0.25) is 5.02 Å². The Morgan fingerprint density at radius 2 is 2.15 bits per heavy atom. The molecule has 1 saturated heterocycles. The number of nitrogens with zero attached hydrogens (tertiary/aromatic N) is 4. The molecule has 0 aliphatic carbocycles. The van der Waals surface area contributed by atoms with Crippen LogP contribution < -0.4 is 10.2 Å². The third-order valence-electron chi connectivity index (χ3n) is 5.15. The minimum absolute atomic E-state index is 0.0649. The first-order chi connectivity index (χ1) is 13.0. The molecule has 27 heavy (non-hydrogen) atoms. The highest BCUT2D eigenvalue weighted by Gasteiger charge is 2.22. The van der Waals surface area contributed by atoms with E-state index >= 15 is 0 Å². The lowest BCUT2D eigenvalue weighted by atomic mass is 9.96. The minimum Gasteiger partial charge on any atom is -0.359 e. The van der Waals surface area contributed by atoms with E-state index in [0.717, 1.165) is 49.2 Å². The van der Waals surface area contributed by atoms with Gasteiger partial charge in [-0.1, -0.05) is 11.6 Å². The van der Waals surface area contributed by atoms with Gasteiger partial charge in [0.2, 0.25) is 5.91 Å². The van der Waals surface area contributed by atoms with Crippen molar-refractivity contribution in [1.82, 2.24) is 15.2 Å². The molecule has 0 radical (unpaired) electrons. The van der Waals surface area contributed by atoms with Gasteiger partial charge in [-0.25, -0.2) is 4.98 Å². The molecule has 0 bridgehead atoms. The molecule has 1 aromatic heterocycles. The van der Waals surface area contributed by atoms with Gasteiger partial charge in [0, 0.05) is 31.0 Å². The lowest BCUT2D eigenvalue weighted by molar-refractivity contribution is -0.122. The number of fused-ring (bicyclic) bond motifs is 1. The number of pyridine rings is 1. The highest BCUT2D eigenvalue weighted by atomic mass is 35.5. The number of carbonyl (C=O) groups excluding carboxylic acids is 1. The quantitative estimate of drug-likeness (QED) is 0.856. The summed E-state index contributed by atoms with van der Waals surface area (Å²) in [6.07, 6.45) is 2.10. The summed E-state index contributed by atoms with van der Waals surface area (Å²) in [5.74, 6) is 1.41. The first-order valence-corrected chi connectivity index (χ1v) is 9.52. The topological polar surface area (TPSA) is 72.3 Å². The molecule has 1 aliphatic heterocycles. The van der Waals surface area contributed by atoms with Gasteiger partial charge in [-0.2, -0.15) is 5.26 Å². The number of hydrogen-bond donors (Lipinski definition) is 1. The third kappa shape index (κ3) is 4.68. The molecule has 7 heteroatoms. The molecule has 2 aromatic rings. The molecule has 0 unspecified atom stereocenters. The Hall–Kier alpha value is -2.36. The maximum atomic E-state index is 11.5. The number of rotatable bonds is 5. The number of anilines is 1. The first kappa shape index (κ1) is 19.4. The van der Waals surface area contributed by atoms with E-state index in [-0.39, 0.29) is 5.91 Å². The monoisotopic (exact) mass is 385 g/mol. The standard InChI is InChI=1S/C20H24ClN5O/c1-23-20(27)13-26-7-5-14(6-8-26)12-25(2)19-9-15(11-22)17-10-16(21)3-4-18(17)24-19/h3-4,9-10,14H,5-8,12-13H2,1-2H3,(H,23,27). The number of piperidine rings is 1. The maximum absolute atomic E-state index is 11.5. The number of likely N-dealkylation sites (N-methyl/N-ethyl adjacent to an activating group) is 1. The van der Waals surface area contributed by atoms with E-state index in [4.69, 9.17) is 16.6 Å². The van der Waals surface area contributed by atoms with Gasteiger partial charge in [-0.15, -0.1) is 0 Å². The molecule has 2 heterocycles. The van der Waals surface area contributed by atoms with Crippen LogP contribution in [0.1, 0.15) is 18.4 Å². The number of nitriles is 1. The largest absolute Gasteiger partial charge is 0.359 e. The zero-order valence-electron chi connectivity index (χ0n) is 15.7. The first-order valence-electron chi connectivity index (χ1n) is 9.14. The molecule has 1 aromatic carbocycles. The lowest BCUT2D eigenvalue weighted by Gasteiger charge is -2.33. The Labute approximate surface area is 164 Å². The van der Waals surface area contributed by atoms with Crippen LogP contribution in [0.4, 0.5) is 5.82 Å². The van der Waals surface area contributed by atoms with Crippen LogP contribution in [0.5, 0.6) is 0 Å². The minimum atomic E-state index is 0.0649. The van der Waals surface area contributed by atoms with Crippen LogP contribution in [0, 0.1) is 17.2 Å². The molecule has 0 saturated carbocycles. The predicted molar refractivity (Wildman–Crippen MR) is 108 cm³/mol. The zero-order chi connectivity index (χ0) is 19.4. The summed E-state index contributed by atoms with van der Waals surface area (Å²) in [6.45, 7) is 3.21. The summed E-state index contributed by atoms with van der Waals surface area (Å²) < 4.78 is 0. The van der Waals surface area contributed by atoms with Crippen LogP contribution in [0.25, 0.3) is 10.9 Å². The van der Waals surface area contributed by atoms with Crippen molar-refractivity contribution in [1.29, 1.82) is 5.26 Å². The second kappa shape index (κ2) is 8.55. The lowest BCUT2D eigenvalue weighted by Crippen LogP contribution is -2.42. The van der Waals surface area contributed by atoms with E-state index in [9.17, 15) is 10.1 Å². The van der Waals surface area contributed by atoms with Crippen molar-refractivity contribution >= 4 is 34.2 Å². The van der Waals surface area contributed by atoms with Crippen molar-refractivity contribution in [2.45, 2.75) is 12.8 Å². The number of aromatic nitrogens is 1. The molecular formula is C20H24ClN5O. The van der Waals surface area contributed by atoms with Crippen LogP contribution in [-0.4, -0.2) is 56.1 Å². The third-order valence-corrected chi connectivity index (χ3v) is 5.39. The summed E-state index contributed by atoms with van der Waals surface area (Å²) >= 11 is 6.05. The second-order valence-electron chi connectivity index (χ2n) is 7.07. The molecule has 1 fully saturated rings. The maximum Gasteiger partial charge on any atom is 0.233 e. The molecule has 6 nitrogen and oxygen atoms in total. The Morgan fingerprint density at radius 1 is 1.41 bits per heavy atom. The molecular weight excluding hydrogens is 362 g/mol. The molecule has 142 valence electrons. The Balaban J connectivity index is 1.67. The molecule has 1 aliphatic rings. The van der Waals surface area contributed by atoms with Gasteiger partial charge in [0.15, 0.2) is 0 Å². The average Bonchev–Trinajstić information content (AvgIpc) is 2.68. The highest BCUT2D eigenvalue weighted by molar-refractivity contribution is 6.31. The fraction of sp³-hybridized carbons (Fsp3) is 0.450. The molecule has 0 spiro atoms. The van der Waals surface area contributed by atoms with Crippen molar-refractivity contribution in [2.24, 2.45) is 5.92 Å². The van der Waals surface area contributed by atoms with Crippen LogP contribution >= 0.6 is 11.6 Å². The van der Waals surface area contributed by atoms with Crippen molar-refractivity contribution < 1.29 is 4.79 Å². The number of amides is 1. The van der Waals surface area contributed by atoms with Crippen LogP contribution in [0.15, 0.2) is 24.3 Å². The Kier molecular flexibility index (Phi) is 6.15. The fourth-order valence-electron chi connectivity index (χ4n) is 3.56. The summed E-state index contributed by atoms with van der Waals surface area (Å²) in [4.78, 5) is 20.5. The SMILES string of the molecule is CNC(=O)CN1CCC(CN(C)c2cc(C#N)c3cc(Cl)ccc3n2)CC1. The van der Waals surface area contributed by atoms with E-state index in [1.165, 1.54) is 0 Å². The predicted octanol–water partition coefficient (Wildman–Crippen LogP) is 2.65. The number of benzene rings is 1. The van der Waals surface area contributed by atoms with Gasteiger partial charge in [0.1, 0.15) is 5.82 Å². The van der Waals surface area contributed by atoms with E-state index in [0.29, 0.717) is 23.0 Å². The van der Waals surface area contributed by atoms with E-state index < -0.39 is 0 Å². The molecule has 1 amide bonds. The normalized spacial score (nSPS) is 15.5.